The summed E-state index contributed by atoms with van der Waals surface area (Å²) in [6.45, 7) is 1.80. The quantitative estimate of drug-likeness (QED) is 0.321. The molecule has 0 saturated heterocycles. The second-order valence-electron chi connectivity index (χ2n) is 7.13. The Kier molecular flexibility index (Phi) is 7.52. The van der Waals surface area contributed by atoms with Crippen molar-refractivity contribution in [2.75, 3.05) is 6.61 Å². The molecule has 0 aliphatic heterocycles. The summed E-state index contributed by atoms with van der Waals surface area (Å²) in [5, 5.41) is 29.0. The van der Waals surface area contributed by atoms with E-state index in [1.807, 2.05) is 0 Å². The molecule has 138 valence electrons. The third-order valence-corrected chi connectivity index (χ3v) is 5.29. The summed E-state index contributed by atoms with van der Waals surface area (Å²) in [6, 6.07) is 0. The molecule has 4 unspecified atom stereocenters. The number of aliphatic hydroxyl groups is 2. The maximum absolute atomic E-state index is 10.4. The van der Waals surface area contributed by atoms with E-state index in [0.29, 0.717) is 6.42 Å². The largest absolute Gasteiger partial charge is 0.479 e. The van der Waals surface area contributed by atoms with Crippen LogP contribution in [0.4, 0.5) is 0 Å². The van der Waals surface area contributed by atoms with Gasteiger partial charge >= 0.3 is 5.97 Å². The summed E-state index contributed by atoms with van der Waals surface area (Å²) < 4.78 is 0. The van der Waals surface area contributed by atoms with E-state index in [-0.39, 0.29) is 30.7 Å². The molecule has 0 bridgehead atoms. The maximum Gasteiger partial charge on any atom is 0.332 e. The number of hydroxylamine groups is 1. The molecule has 1 fully saturated rings. The Morgan fingerprint density at radius 2 is 2.08 bits per heavy atom. The van der Waals surface area contributed by atoms with Crippen LogP contribution in [0.25, 0.3) is 0 Å². The number of hydrogen-bond donors (Lipinski definition) is 4. The molecule has 2 aliphatic rings. The van der Waals surface area contributed by atoms with Gasteiger partial charge in [0.1, 0.15) is 0 Å². The van der Waals surface area contributed by atoms with E-state index in [1.165, 1.54) is 19.3 Å². The van der Waals surface area contributed by atoms with Crippen LogP contribution in [-0.4, -0.2) is 40.1 Å². The van der Waals surface area contributed by atoms with Gasteiger partial charge in [0.15, 0.2) is 6.61 Å². The molecule has 4 atom stereocenters. The highest BCUT2D eigenvalue weighted by molar-refractivity contribution is 5.67. The van der Waals surface area contributed by atoms with Crippen LogP contribution in [-0.2, 0) is 9.63 Å². The Morgan fingerprint density at radius 1 is 1.29 bits per heavy atom. The fraction of sp³-hybridized carbons (Fsp3) is 0.833. The van der Waals surface area contributed by atoms with Gasteiger partial charge in [-0.3, -0.25) is 10.3 Å². The van der Waals surface area contributed by atoms with Gasteiger partial charge < -0.3 is 15.3 Å². The molecule has 1 saturated carbocycles. The minimum Gasteiger partial charge on any atom is -0.479 e. The summed E-state index contributed by atoms with van der Waals surface area (Å²) in [7, 11) is 0. The summed E-state index contributed by atoms with van der Waals surface area (Å²) in [4.78, 5) is 15.3. The van der Waals surface area contributed by atoms with Crippen LogP contribution in [0, 0.1) is 11.8 Å². The van der Waals surface area contributed by atoms with Gasteiger partial charge in [-0.1, -0.05) is 32.6 Å². The highest BCUT2D eigenvalue weighted by Gasteiger charge is 2.45. The highest BCUT2D eigenvalue weighted by Crippen LogP contribution is 2.49. The van der Waals surface area contributed by atoms with Crippen molar-refractivity contribution in [3.8, 4) is 0 Å². The minimum atomic E-state index is -1.01. The van der Waals surface area contributed by atoms with Crippen molar-refractivity contribution in [1.82, 2.24) is 5.48 Å². The molecule has 0 aromatic heterocycles. The lowest BCUT2D eigenvalue weighted by Crippen LogP contribution is -2.32. The molecule has 4 N–H and O–H groups in total. The van der Waals surface area contributed by atoms with Crippen LogP contribution < -0.4 is 5.48 Å². The Labute approximate surface area is 143 Å². The van der Waals surface area contributed by atoms with Crippen molar-refractivity contribution >= 4 is 5.97 Å². The van der Waals surface area contributed by atoms with Crippen molar-refractivity contribution < 1.29 is 25.0 Å². The zero-order chi connectivity index (χ0) is 17.5. The van der Waals surface area contributed by atoms with Gasteiger partial charge in [-0.05, 0) is 43.6 Å². The molecule has 6 heteroatoms. The molecule has 0 spiro atoms. The number of fused-ring (bicyclic) bond motifs is 1. The molecule has 0 radical (unpaired) electrons. The Hall–Kier alpha value is -1.11. The van der Waals surface area contributed by atoms with Crippen molar-refractivity contribution in [1.29, 1.82) is 0 Å². The number of carboxylic acids is 1. The van der Waals surface area contributed by atoms with E-state index in [4.69, 9.17) is 9.94 Å². The van der Waals surface area contributed by atoms with Crippen LogP contribution in [0.2, 0.25) is 0 Å². The molecular formula is C18H31NO5. The normalized spacial score (nSPS) is 26.9. The molecule has 0 amide bonds. The third-order valence-electron chi connectivity index (χ3n) is 5.29. The lowest BCUT2D eigenvalue weighted by Gasteiger charge is -2.30. The number of aliphatic hydroxyl groups excluding tert-OH is 2. The standard InChI is InChI=1S/C18H31NO5/c1-2-3-4-5-6-13(20)8-7-12-9-14-15(18(12)23)10-16(14)19-24-11-17(21)22/h12-13,15,18-20,23H,2-11H2,1H3,(H,21,22). The van der Waals surface area contributed by atoms with Gasteiger partial charge in [-0.25, -0.2) is 4.79 Å². The summed E-state index contributed by atoms with van der Waals surface area (Å²) in [5.41, 5.74) is 4.79. The van der Waals surface area contributed by atoms with Crippen LogP contribution >= 0.6 is 0 Å². The maximum atomic E-state index is 10.4. The van der Waals surface area contributed by atoms with Crippen LogP contribution in [0.15, 0.2) is 11.3 Å². The highest BCUT2D eigenvalue weighted by atomic mass is 16.7. The monoisotopic (exact) mass is 341 g/mol. The summed E-state index contributed by atoms with van der Waals surface area (Å²) >= 11 is 0. The van der Waals surface area contributed by atoms with E-state index in [9.17, 15) is 15.0 Å². The fourth-order valence-electron chi connectivity index (χ4n) is 3.82. The van der Waals surface area contributed by atoms with Gasteiger partial charge in [-0.2, -0.15) is 0 Å². The first-order chi connectivity index (χ1) is 11.5. The van der Waals surface area contributed by atoms with E-state index in [0.717, 1.165) is 43.4 Å². The Morgan fingerprint density at radius 3 is 2.79 bits per heavy atom. The number of aliphatic carboxylic acids is 1. The van der Waals surface area contributed by atoms with E-state index < -0.39 is 5.97 Å². The van der Waals surface area contributed by atoms with Crippen molar-refractivity contribution in [3.05, 3.63) is 11.3 Å². The number of nitrogens with one attached hydrogen (secondary N) is 1. The predicted octanol–water partition coefficient (Wildman–Crippen LogP) is 2.36. The van der Waals surface area contributed by atoms with Gasteiger partial charge in [0.05, 0.1) is 12.2 Å². The van der Waals surface area contributed by atoms with Crippen molar-refractivity contribution in [3.63, 3.8) is 0 Å². The summed E-state index contributed by atoms with van der Waals surface area (Å²) in [6.07, 6.45) is 8.02. The second-order valence-corrected chi connectivity index (χ2v) is 7.13. The SMILES string of the molecule is CCCCCCC(O)CCC1CC2=C(NOCC(=O)O)CC2C1O. The van der Waals surface area contributed by atoms with Crippen molar-refractivity contribution in [2.45, 2.75) is 76.9 Å². The average molecular weight is 341 g/mol. The smallest absolute Gasteiger partial charge is 0.332 e. The molecule has 6 nitrogen and oxygen atoms in total. The van der Waals surface area contributed by atoms with Gasteiger partial charge in [0.25, 0.3) is 0 Å². The number of rotatable bonds is 12. The molecule has 24 heavy (non-hydrogen) atoms. The first-order valence-corrected chi connectivity index (χ1v) is 9.20. The first-order valence-electron chi connectivity index (χ1n) is 9.20. The predicted molar refractivity (Wildman–Crippen MR) is 90.0 cm³/mol. The van der Waals surface area contributed by atoms with E-state index >= 15 is 0 Å². The lowest BCUT2D eigenvalue weighted by atomic mass is 9.83. The molecular weight excluding hydrogens is 310 g/mol. The van der Waals surface area contributed by atoms with Gasteiger partial charge in [-0.15, -0.1) is 0 Å². The number of unbranched alkanes of at least 4 members (excludes halogenated alkanes) is 3. The second kappa shape index (κ2) is 9.39. The lowest BCUT2D eigenvalue weighted by molar-refractivity contribution is -0.144. The number of hydrogen-bond acceptors (Lipinski definition) is 5. The van der Waals surface area contributed by atoms with Gasteiger partial charge in [0.2, 0.25) is 0 Å². The number of allylic oxidation sites excluding steroid dienone is 1. The van der Waals surface area contributed by atoms with E-state index in [2.05, 4.69) is 12.4 Å². The minimum absolute atomic E-state index is 0.174. The molecule has 0 heterocycles. The molecule has 0 aromatic rings. The number of carboxylic acid groups (broad SMARTS) is 1. The molecule has 2 rings (SSSR count). The van der Waals surface area contributed by atoms with Gasteiger partial charge in [0, 0.05) is 11.6 Å². The Bertz CT molecular complexity index is 451. The number of carbonyl (C=O) groups is 1. The van der Waals surface area contributed by atoms with E-state index in [1.54, 1.807) is 0 Å². The molecule has 0 aromatic carbocycles. The zero-order valence-corrected chi connectivity index (χ0v) is 14.5. The third kappa shape index (κ3) is 5.19. The Balaban J connectivity index is 1.68. The van der Waals surface area contributed by atoms with Crippen molar-refractivity contribution in [2.24, 2.45) is 11.8 Å². The molecule has 2 aliphatic carbocycles. The summed E-state index contributed by atoms with van der Waals surface area (Å²) in [5.74, 6) is -0.650. The average Bonchev–Trinajstić information content (AvgIpc) is 2.77. The van der Waals surface area contributed by atoms with Crippen LogP contribution in [0.5, 0.6) is 0 Å². The zero-order valence-electron chi connectivity index (χ0n) is 14.5. The first kappa shape index (κ1) is 19.2. The van der Waals surface area contributed by atoms with Crippen LogP contribution in [0.1, 0.15) is 64.7 Å². The fourth-order valence-corrected chi connectivity index (χ4v) is 3.82. The topological polar surface area (TPSA) is 99.0 Å². The van der Waals surface area contributed by atoms with Crippen LogP contribution in [0.3, 0.4) is 0 Å².